The quantitative estimate of drug-likeness (QED) is 0.629. The highest BCUT2D eigenvalue weighted by molar-refractivity contribution is 6.13. The number of rotatable bonds is 2. The Morgan fingerprint density at radius 2 is 1.35 bits per heavy atom. The van der Waals surface area contributed by atoms with Crippen molar-refractivity contribution in [1.29, 1.82) is 0 Å². The van der Waals surface area contributed by atoms with Crippen LogP contribution in [0.1, 0.15) is 12.5 Å². The van der Waals surface area contributed by atoms with Crippen LogP contribution in [-0.4, -0.2) is 18.1 Å². The van der Waals surface area contributed by atoms with Gasteiger partial charge in [0.2, 0.25) is 0 Å². The van der Waals surface area contributed by atoms with Gasteiger partial charge >= 0.3 is 5.91 Å². The van der Waals surface area contributed by atoms with E-state index in [9.17, 15) is 9.90 Å². The van der Waals surface area contributed by atoms with E-state index >= 15 is 0 Å². The first-order chi connectivity index (χ1) is 12.5. The number of carbonyl (C=O) groups excluding carboxylic acids is 1. The summed E-state index contributed by atoms with van der Waals surface area (Å²) in [6.45, 7) is 1.68. The van der Waals surface area contributed by atoms with E-state index in [0.717, 1.165) is 22.5 Å². The Hall–Kier alpha value is -3.17. The van der Waals surface area contributed by atoms with Crippen molar-refractivity contribution in [2.75, 3.05) is 7.05 Å². The summed E-state index contributed by atoms with van der Waals surface area (Å²) < 4.78 is 0.0150. The zero-order valence-corrected chi connectivity index (χ0v) is 14.8. The molecule has 1 N–H and O–H groups in total. The number of fused-ring (bicyclic) bond motifs is 1. The molecule has 1 atom stereocenters. The van der Waals surface area contributed by atoms with E-state index < -0.39 is 0 Å². The van der Waals surface area contributed by atoms with Gasteiger partial charge in [-0.2, -0.15) is 4.48 Å². The van der Waals surface area contributed by atoms with Crippen molar-refractivity contribution in [2.24, 2.45) is 0 Å². The van der Waals surface area contributed by atoms with Crippen molar-refractivity contribution in [1.82, 2.24) is 4.48 Å². The van der Waals surface area contributed by atoms with Crippen LogP contribution in [0.3, 0.4) is 0 Å². The van der Waals surface area contributed by atoms with Crippen LogP contribution >= 0.6 is 0 Å². The molecule has 1 heterocycles. The van der Waals surface area contributed by atoms with Gasteiger partial charge < -0.3 is 5.11 Å². The predicted molar refractivity (Wildman–Crippen MR) is 106 cm³/mol. The first-order valence-electron chi connectivity index (χ1n) is 8.61. The van der Waals surface area contributed by atoms with Crippen molar-refractivity contribution in [2.45, 2.75) is 6.92 Å². The molecular weight excluding hydrogens is 322 g/mol. The molecule has 0 aliphatic carbocycles. The number of hydrogen-bond donors (Lipinski definition) is 1. The topological polar surface area (TPSA) is 37.3 Å². The molecule has 4 rings (SSSR count). The van der Waals surface area contributed by atoms with Crippen LogP contribution in [0.4, 0.5) is 11.4 Å². The third-order valence-electron chi connectivity index (χ3n) is 5.21. The number of nitrogens with zero attached hydrogens (tertiary/aromatic N) is 1. The number of quaternary nitrogens is 1. The zero-order chi connectivity index (χ0) is 18.3. The van der Waals surface area contributed by atoms with Crippen LogP contribution in [0.5, 0.6) is 0 Å². The number of amides is 1. The maximum Gasteiger partial charge on any atom is 0.355 e. The number of hydrogen-bond acceptors (Lipinski definition) is 2. The number of para-hydroxylation sites is 1. The van der Waals surface area contributed by atoms with Crippen LogP contribution in [-0.2, 0) is 4.79 Å². The molecule has 0 aromatic heterocycles. The fourth-order valence-electron chi connectivity index (χ4n) is 3.65. The van der Waals surface area contributed by atoms with E-state index in [1.165, 1.54) is 0 Å². The maximum absolute atomic E-state index is 13.1. The molecule has 1 aliphatic rings. The van der Waals surface area contributed by atoms with Crippen molar-refractivity contribution in [3.05, 3.63) is 90.0 Å². The minimum Gasteiger partial charge on any atom is -0.506 e. The maximum atomic E-state index is 13.1. The predicted octanol–water partition coefficient (Wildman–Crippen LogP) is 5.45. The number of aliphatic hydroxyl groups excluding tert-OH is 1. The minimum absolute atomic E-state index is 0.0150. The van der Waals surface area contributed by atoms with Gasteiger partial charge in [-0.25, -0.2) is 4.79 Å². The van der Waals surface area contributed by atoms with E-state index in [1.807, 2.05) is 73.8 Å². The van der Waals surface area contributed by atoms with Gasteiger partial charge in [0, 0.05) is 18.2 Å². The van der Waals surface area contributed by atoms with Crippen molar-refractivity contribution in [3.8, 4) is 11.1 Å². The lowest BCUT2D eigenvalue weighted by molar-refractivity contribution is -0.123. The van der Waals surface area contributed by atoms with Gasteiger partial charge in [-0.15, -0.1) is 0 Å². The molecule has 0 saturated carbocycles. The Bertz CT molecular complexity index is 1020. The first-order valence-corrected chi connectivity index (χ1v) is 8.61. The molecule has 26 heavy (non-hydrogen) atoms. The summed E-state index contributed by atoms with van der Waals surface area (Å²) >= 11 is 0. The summed E-state index contributed by atoms with van der Waals surface area (Å²) in [6, 6.07) is 25.8. The van der Waals surface area contributed by atoms with Gasteiger partial charge in [0.15, 0.2) is 5.69 Å². The molecular formula is C23H20NO2+. The Morgan fingerprint density at radius 1 is 0.769 bits per heavy atom. The molecule has 1 amide bonds. The second-order valence-corrected chi connectivity index (χ2v) is 6.72. The van der Waals surface area contributed by atoms with E-state index in [2.05, 4.69) is 12.1 Å². The van der Waals surface area contributed by atoms with Crippen molar-refractivity contribution < 1.29 is 9.90 Å². The molecule has 1 aliphatic heterocycles. The molecule has 0 spiro atoms. The van der Waals surface area contributed by atoms with Crippen molar-refractivity contribution >= 4 is 23.0 Å². The molecule has 3 aromatic rings. The molecule has 0 bridgehead atoms. The molecule has 128 valence electrons. The summed E-state index contributed by atoms with van der Waals surface area (Å²) in [5.74, 6) is -0.0456. The number of likely N-dealkylation sites (N-methyl/N-ethyl adjacent to an activating group) is 1. The van der Waals surface area contributed by atoms with Gasteiger partial charge in [-0.1, -0.05) is 42.5 Å². The molecule has 0 radical (unpaired) electrons. The highest BCUT2D eigenvalue weighted by atomic mass is 16.3. The highest BCUT2D eigenvalue weighted by Gasteiger charge is 2.45. The molecule has 0 fully saturated rings. The SMILES string of the molecule is CC1=C(O)c2ccccc2[N+](C)(c2ccc(-c3ccccc3)cc2)C1=O. The highest BCUT2D eigenvalue weighted by Crippen LogP contribution is 2.44. The lowest BCUT2D eigenvalue weighted by Gasteiger charge is -2.35. The number of benzene rings is 3. The third kappa shape index (κ3) is 2.29. The fourth-order valence-corrected chi connectivity index (χ4v) is 3.65. The Labute approximate surface area is 153 Å². The minimum atomic E-state index is -0.117. The summed E-state index contributed by atoms with van der Waals surface area (Å²) in [6.07, 6.45) is 0. The van der Waals surface area contributed by atoms with Crippen LogP contribution in [0.15, 0.2) is 84.4 Å². The van der Waals surface area contributed by atoms with E-state index in [1.54, 1.807) is 6.92 Å². The second-order valence-electron chi connectivity index (χ2n) is 6.72. The molecule has 1 unspecified atom stereocenters. The molecule has 3 heteroatoms. The van der Waals surface area contributed by atoms with Crippen LogP contribution in [0, 0.1) is 0 Å². The molecule has 0 saturated heterocycles. The summed E-state index contributed by atoms with van der Waals surface area (Å²) in [4.78, 5) is 13.1. The first kappa shape index (κ1) is 16.3. The molecule has 3 aromatic carbocycles. The van der Waals surface area contributed by atoms with Gasteiger partial charge in [-0.05, 0) is 36.2 Å². The van der Waals surface area contributed by atoms with E-state index in [-0.39, 0.29) is 16.1 Å². The third-order valence-corrected chi connectivity index (χ3v) is 5.21. The van der Waals surface area contributed by atoms with E-state index in [0.29, 0.717) is 11.1 Å². The largest absolute Gasteiger partial charge is 0.506 e. The normalized spacial score (nSPS) is 19.4. The van der Waals surface area contributed by atoms with Gasteiger partial charge in [0.05, 0.1) is 18.2 Å². The second kappa shape index (κ2) is 5.97. The number of aliphatic hydroxyl groups is 1. The van der Waals surface area contributed by atoms with Gasteiger partial charge in [-0.3, -0.25) is 0 Å². The average molecular weight is 342 g/mol. The number of carbonyl (C=O) groups is 1. The van der Waals surface area contributed by atoms with Gasteiger partial charge in [0.1, 0.15) is 11.4 Å². The lowest BCUT2D eigenvalue weighted by Crippen LogP contribution is -2.48. The Kier molecular flexibility index (Phi) is 3.74. The lowest BCUT2D eigenvalue weighted by atomic mass is 9.96. The van der Waals surface area contributed by atoms with Crippen LogP contribution in [0.25, 0.3) is 16.9 Å². The Balaban J connectivity index is 1.86. The Morgan fingerprint density at radius 3 is 2.04 bits per heavy atom. The van der Waals surface area contributed by atoms with Crippen molar-refractivity contribution in [3.63, 3.8) is 0 Å². The summed E-state index contributed by atoms with van der Waals surface area (Å²) in [7, 11) is 1.88. The molecule has 3 nitrogen and oxygen atoms in total. The summed E-state index contributed by atoms with van der Waals surface area (Å²) in [5, 5.41) is 10.4. The standard InChI is InChI=1S/C23H19NO2/c1-16-22(25)20-10-6-7-11-21(20)24(2,23(16)26)19-14-12-18(13-15-19)17-8-4-3-5-9-17/h3-15H,1-2H3/p+1. The van der Waals surface area contributed by atoms with Gasteiger partial charge in [0.25, 0.3) is 0 Å². The smallest absolute Gasteiger partial charge is 0.355 e. The monoisotopic (exact) mass is 342 g/mol. The fraction of sp³-hybridized carbons (Fsp3) is 0.0870. The average Bonchev–Trinajstić information content (AvgIpc) is 2.71. The zero-order valence-electron chi connectivity index (χ0n) is 14.8. The van der Waals surface area contributed by atoms with E-state index in [4.69, 9.17) is 0 Å². The van der Waals surface area contributed by atoms with Crippen LogP contribution in [0.2, 0.25) is 0 Å². The summed E-state index contributed by atoms with van der Waals surface area (Å²) in [5.41, 5.74) is 4.99. The van der Waals surface area contributed by atoms with Crippen LogP contribution < -0.4 is 4.48 Å².